The molecule has 0 spiro atoms. The number of carbonyl (C=O) groups is 1. The van der Waals surface area contributed by atoms with Gasteiger partial charge < -0.3 is 19.3 Å². The van der Waals surface area contributed by atoms with Crippen LogP contribution in [0.1, 0.15) is 32.3 Å². The Bertz CT molecular complexity index is 595. The SMILES string of the molecule is C[C@@H]1C[NH+](C/C=C/[C@@H]2CCCN2C(=O)OCc2ccccc2)C[C@H](C)O1. The van der Waals surface area contributed by atoms with Crippen molar-refractivity contribution >= 4 is 6.09 Å². The molecule has 26 heavy (non-hydrogen) atoms. The van der Waals surface area contributed by atoms with E-state index >= 15 is 0 Å². The number of rotatable bonds is 5. The molecule has 1 aromatic carbocycles. The van der Waals surface area contributed by atoms with Gasteiger partial charge in [0.15, 0.2) is 0 Å². The van der Waals surface area contributed by atoms with Gasteiger partial charge in [-0.3, -0.25) is 0 Å². The first kappa shape index (κ1) is 18.9. The van der Waals surface area contributed by atoms with Gasteiger partial charge in [0.2, 0.25) is 0 Å². The van der Waals surface area contributed by atoms with E-state index in [0.29, 0.717) is 18.8 Å². The van der Waals surface area contributed by atoms with E-state index in [9.17, 15) is 4.79 Å². The van der Waals surface area contributed by atoms with E-state index < -0.39 is 0 Å². The quantitative estimate of drug-likeness (QED) is 0.818. The van der Waals surface area contributed by atoms with Crippen molar-refractivity contribution in [2.75, 3.05) is 26.2 Å². The minimum Gasteiger partial charge on any atom is -0.445 e. The molecule has 0 aliphatic carbocycles. The van der Waals surface area contributed by atoms with Crippen LogP contribution in [-0.2, 0) is 16.1 Å². The van der Waals surface area contributed by atoms with E-state index in [1.54, 1.807) is 4.90 Å². The minimum absolute atomic E-state index is 0.161. The minimum atomic E-state index is -0.207. The molecule has 2 aliphatic rings. The number of hydrogen-bond donors (Lipinski definition) is 1. The molecule has 0 bridgehead atoms. The van der Waals surface area contributed by atoms with Crippen LogP contribution in [0.2, 0.25) is 0 Å². The number of benzene rings is 1. The molecule has 5 nitrogen and oxygen atoms in total. The van der Waals surface area contributed by atoms with Gasteiger partial charge in [-0.25, -0.2) is 4.79 Å². The van der Waals surface area contributed by atoms with Crippen molar-refractivity contribution in [1.82, 2.24) is 4.90 Å². The zero-order valence-electron chi connectivity index (χ0n) is 15.9. The molecule has 1 amide bonds. The lowest BCUT2D eigenvalue weighted by atomic mass is 10.2. The van der Waals surface area contributed by atoms with Crippen LogP contribution < -0.4 is 4.90 Å². The van der Waals surface area contributed by atoms with Crippen LogP contribution in [0.4, 0.5) is 4.79 Å². The van der Waals surface area contributed by atoms with Crippen LogP contribution in [0.25, 0.3) is 0 Å². The Balaban J connectivity index is 1.47. The van der Waals surface area contributed by atoms with Crippen molar-refractivity contribution in [3.05, 3.63) is 48.0 Å². The fourth-order valence-corrected chi connectivity index (χ4v) is 3.97. The molecule has 0 radical (unpaired) electrons. The fraction of sp³-hybridized carbons (Fsp3) is 0.571. The zero-order chi connectivity index (χ0) is 18.4. The van der Waals surface area contributed by atoms with Gasteiger partial charge in [0.25, 0.3) is 0 Å². The first-order chi connectivity index (χ1) is 12.6. The average Bonchev–Trinajstić information content (AvgIpc) is 3.08. The van der Waals surface area contributed by atoms with Crippen LogP contribution in [0.3, 0.4) is 0 Å². The van der Waals surface area contributed by atoms with E-state index in [1.165, 1.54) is 0 Å². The maximum Gasteiger partial charge on any atom is 0.410 e. The normalized spacial score (nSPS) is 29.2. The Hall–Kier alpha value is -1.85. The van der Waals surface area contributed by atoms with Crippen molar-refractivity contribution in [2.45, 2.75) is 51.5 Å². The van der Waals surface area contributed by atoms with Gasteiger partial charge >= 0.3 is 6.09 Å². The highest BCUT2D eigenvalue weighted by Crippen LogP contribution is 2.19. The Morgan fingerprint density at radius 2 is 2.00 bits per heavy atom. The first-order valence-electron chi connectivity index (χ1n) is 9.75. The van der Waals surface area contributed by atoms with E-state index in [4.69, 9.17) is 9.47 Å². The summed E-state index contributed by atoms with van der Waals surface area (Å²) in [5.74, 6) is 0. The molecule has 3 rings (SSSR count). The summed E-state index contributed by atoms with van der Waals surface area (Å²) in [5, 5.41) is 0. The molecule has 2 saturated heterocycles. The van der Waals surface area contributed by atoms with Crippen molar-refractivity contribution < 1.29 is 19.2 Å². The molecule has 2 heterocycles. The van der Waals surface area contributed by atoms with Crippen LogP contribution in [-0.4, -0.2) is 55.4 Å². The standard InChI is InChI=1S/C21H30N2O3/c1-17-14-22(15-18(2)26-17)12-6-10-20-11-7-13-23(20)21(24)25-16-19-8-4-3-5-9-19/h3-6,8-10,17-18,20H,7,11-16H2,1-2H3/p+1/b10-6+/t17-,18+,20-/m1/s1. The summed E-state index contributed by atoms with van der Waals surface area (Å²) >= 11 is 0. The lowest BCUT2D eigenvalue weighted by Gasteiger charge is -2.31. The third-order valence-corrected chi connectivity index (χ3v) is 5.12. The number of carbonyl (C=O) groups excluding carboxylic acids is 1. The van der Waals surface area contributed by atoms with Gasteiger partial charge in [0.05, 0.1) is 12.6 Å². The number of nitrogens with one attached hydrogen (secondary N) is 1. The Morgan fingerprint density at radius 1 is 1.27 bits per heavy atom. The zero-order valence-corrected chi connectivity index (χ0v) is 15.9. The molecule has 4 atom stereocenters. The van der Waals surface area contributed by atoms with Gasteiger partial charge in [-0.2, -0.15) is 0 Å². The molecule has 142 valence electrons. The number of ether oxygens (including phenoxy) is 2. The summed E-state index contributed by atoms with van der Waals surface area (Å²) < 4.78 is 11.3. The number of morpholine rings is 1. The van der Waals surface area contributed by atoms with Gasteiger partial charge in [-0.05, 0) is 38.3 Å². The molecule has 2 aliphatic heterocycles. The molecule has 0 saturated carbocycles. The number of likely N-dealkylation sites (tertiary alicyclic amines) is 1. The number of amides is 1. The number of quaternary nitrogens is 1. The van der Waals surface area contributed by atoms with Crippen LogP contribution >= 0.6 is 0 Å². The van der Waals surface area contributed by atoms with Crippen molar-refractivity contribution in [1.29, 1.82) is 0 Å². The van der Waals surface area contributed by atoms with Crippen LogP contribution in [0.5, 0.6) is 0 Å². The molecule has 2 fully saturated rings. The molecule has 5 heteroatoms. The van der Waals surface area contributed by atoms with E-state index in [-0.39, 0.29) is 12.1 Å². The molecule has 1 aromatic rings. The predicted octanol–water partition coefficient (Wildman–Crippen LogP) is 2.04. The van der Waals surface area contributed by atoms with E-state index in [0.717, 1.165) is 44.6 Å². The van der Waals surface area contributed by atoms with E-state index in [2.05, 4.69) is 26.0 Å². The molecular formula is C21H31N2O3+. The highest BCUT2D eigenvalue weighted by Gasteiger charge is 2.28. The summed E-state index contributed by atoms with van der Waals surface area (Å²) in [4.78, 5) is 15.8. The molecular weight excluding hydrogens is 328 g/mol. The Kier molecular flexibility index (Phi) is 6.69. The maximum atomic E-state index is 12.4. The summed E-state index contributed by atoms with van der Waals surface area (Å²) in [5.41, 5.74) is 1.02. The first-order valence-corrected chi connectivity index (χ1v) is 9.75. The third-order valence-electron chi connectivity index (χ3n) is 5.12. The summed E-state index contributed by atoms with van der Waals surface area (Å²) in [7, 11) is 0. The fourth-order valence-electron chi connectivity index (χ4n) is 3.97. The lowest BCUT2D eigenvalue weighted by Crippen LogP contribution is -3.15. The highest BCUT2D eigenvalue weighted by molar-refractivity contribution is 5.68. The smallest absolute Gasteiger partial charge is 0.410 e. The van der Waals surface area contributed by atoms with Gasteiger partial charge in [0.1, 0.15) is 31.9 Å². The summed E-state index contributed by atoms with van der Waals surface area (Å²) in [6.45, 7) is 8.47. The molecule has 1 unspecified atom stereocenters. The molecule has 0 aromatic heterocycles. The van der Waals surface area contributed by atoms with Gasteiger partial charge in [0, 0.05) is 6.54 Å². The van der Waals surface area contributed by atoms with Gasteiger partial charge in [-0.1, -0.05) is 36.4 Å². The third kappa shape index (κ3) is 5.32. The lowest BCUT2D eigenvalue weighted by molar-refractivity contribution is -0.909. The number of hydrogen-bond acceptors (Lipinski definition) is 3. The molecule has 1 N–H and O–H groups in total. The van der Waals surface area contributed by atoms with Crippen molar-refractivity contribution in [2.24, 2.45) is 0 Å². The summed E-state index contributed by atoms with van der Waals surface area (Å²) in [6, 6.07) is 9.99. The average molecular weight is 359 g/mol. The highest BCUT2D eigenvalue weighted by atomic mass is 16.6. The Labute approximate surface area is 156 Å². The topological polar surface area (TPSA) is 43.2 Å². The van der Waals surface area contributed by atoms with Crippen LogP contribution in [0, 0.1) is 0 Å². The van der Waals surface area contributed by atoms with Crippen LogP contribution in [0.15, 0.2) is 42.5 Å². The largest absolute Gasteiger partial charge is 0.445 e. The Morgan fingerprint density at radius 3 is 2.73 bits per heavy atom. The number of nitrogens with zero attached hydrogens (tertiary/aromatic N) is 1. The predicted molar refractivity (Wildman–Crippen MR) is 101 cm³/mol. The second-order valence-electron chi connectivity index (χ2n) is 7.49. The second-order valence-corrected chi connectivity index (χ2v) is 7.49. The monoisotopic (exact) mass is 359 g/mol. The van der Waals surface area contributed by atoms with Gasteiger partial charge in [-0.15, -0.1) is 0 Å². The van der Waals surface area contributed by atoms with Crippen molar-refractivity contribution in [3.63, 3.8) is 0 Å². The van der Waals surface area contributed by atoms with E-state index in [1.807, 2.05) is 35.2 Å². The summed E-state index contributed by atoms with van der Waals surface area (Å²) in [6.07, 6.45) is 6.90. The maximum absolute atomic E-state index is 12.4. The van der Waals surface area contributed by atoms with Crippen molar-refractivity contribution in [3.8, 4) is 0 Å². The second kappa shape index (κ2) is 9.19.